The Kier molecular flexibility index (Phi) is 2.84. The molecule has 1 saturated heterocycles. The lowest BCUT2D eigenvalue weighted by Gasteiger charge is -2.27. The lowest BCUT2D eigenvalue weighted by molar-refractivity contribution is 0.112. The average molecular weight is 256 g/mol. The van der Waals surface area contributed by atoms with Crippen LogP contribution in [0.15, 0.2) is 22.7 Å². The zero-order chi connectivity index (χ0) is 9.97. The predicted molar refractivity (Wildman–Crippen MR) is 56.8 cm³/mol. The smallest absolute Gasteiger partial charge is 0.150 e. The molecule has 0 aromatic heterocycles. The maximum atomic E-state index is 10.6. The van der Waals surface area contributed by atoms with Crippen molar-refractivity contribution in [2.45, 2.75) is 6.10 Å². The van der Waals surface area contributed by atoms with Gasteiger partial charge in [0, 0.05) is 23.1 Å². The fraction of sp³-hybridized carbons (Fsp3) is 0.300. The lowest BCUT2D eigenvalue weighted by atomic mass is 10.2. The van der Waals surface area contributed by atoms with Crippen LogP contribution in [0.25, 0.3) is 0 Å². The largest absolute Gasteiger partial charge is 0.488 e. The van der Waals surface area contributed by atoms with E-state index in [1.807, 2.05) is 6.07 Å². The number of benzene rings is 1. The van der Waals surface area contributed by atoms with Crippen LogP contribution in [-0.2, 0) is 0 Å². The van der Waals surface area contributed by atoms with Crippen LogP contribution in [0, 0.1) is 0 Å². The second-order valence-electron chi connectivity index (χ2n) is 3.24. The fourth-order valence-corrected chi connectivity index (χ4v) is 1.75. The van der Waals surface area contributed by atoms with Crippen molar-refractivity contribution in [3.05, 3.63) is 28.2 Å². The summed E-state index contributed by atoms with van der Waals surface area (Å²) in [5.74, 6) is 0.743. The van der Waals surface area contributed by atoms with Gasteiger partial charge in [-0.25, -0.2) is 0 Å². The summed E-state index contributed by atoms with van der Waals surface area (Å²) in [6, 6.07) is 5.38. The normalized spacial score (nSPS) is 16.1. The van der Waals surface area contributed by atoms with Crippen LogP contribution in [0.2, 0.25) is 0 Å². The highest BCUT2D eigenvalue weighted by molar-refractivity contribution is 9.10. The Labute approximate surface area is 90.6 Å². The van der Waals surface area contributed by atoms with Gasteiger partial charge in [-0.15, -0.1) is 0 Å². The molecule has 14 heavy (non-hydrogen) atoms. The molecular formula is C10H10BrNO2. The zero-order valence-corrected chi connectivity index (χ0v) is 9.08. The molecule has 1 aliphatic heterocycles. The quantitative estimate of drug-likeness (QED) is 0.835. The summed E-state index contributed by atoms with van der Waals surface area (Å²) in [6.07, 6.45) is 1.06. The second-order valence-corrected chi connectivity index (χ2v) is 4.15. The van der Waals surface area contributed by atoms with Crippen molar-refractivity contribution in [2.75, 3.05) is 13.1 Å². The molecule has 1 N–H and O–H groups in total. The molecule has 0 bridgehead atoms. The number of aldehydes is 1. The first kappa shape index (κ1) is 9.68. The molecule has 74 valence electrons. The van der Waals surface area contributed by atoms with E-state index in [1.165, 1.54) is 0 Å². The third kappa shape index (κ3) is 2.13. The van der Waals surface area contributed by atoms with Crippen LogP contribution < -0.4 is 10.1 Å². The van der Waals surface area contributed by atoms with Crippen molar-refractivity contribution in [1.29, 1.82) is 0 Å². The van der Waals surface area contributed by atoms with Crippen LogP contribution >= 0.6 is 15.9 Å². The molecule has 0 atom stereocenters. The molecule has 0 amide bonds. The summed E-state index contributed by atoms with van der Waals surface area (Å²) in [7, 11) is 0. The predicted octanol–water partition coefficient (Wildman–Crippen LogP) is 1.61. The van der Waals surface area contributed by atoms with Gasteiger partial charge in [0.05, 0.1) is 0 Å². The van der Waals surface area contributed by atoms with Gasteiger partial charge in [-0.1, -0.05) is 15.9 Å². The van der Waals surface area contributed by atoms with Crippen molar-refractivity contribution in [3.63, 3.8) is 0 Å². The Morgan fingerprint density at radius 1 is 1.43 bits per heavy atom. The van der Waals surface area contributed by atoms with E-state index in [0.717, 1.165) is 29.6 Å². The van der Waals surface area contributed by atoms with E-state index in [1.54, 1.807) is 12.1 Å². The monoisotopic (exact) mass is 255 g/mol. The second kappa shape index (κ2) is 4.11. The summed E-state index contributed by atoms with van der Waals surface area (Å²) < 4.78 is 6.49. The molecule has 1 heterocycles. The van der Waals surface area contributed by atoms with Gasteiger partial charge >= 0.3 is 0 Å². The van der Waals surface area contributed by atoms with Crippen molar-refractivity contribution < 1.29 is 9.53 Å². The third-order valence-electron chi connectivity index (χ3n) is 2.08. The van der Waals surface area contributed by atoms with Gasteiger partial charge in [-0.05, 0) is 18.2 Å². The molecule has 0 spiro atoms. The maximum absolute atomic E-state index is 10.6. The molecule has 0 unspecified atom stereocenters. The molecule has 0 radical (unpaired) electrons. The van der Waals surface area contributed by atoms with Crippen LogP contribution in [0.4, 0.5) is 0 Å². The van der Waals surface area contributed by atoms with Crippen molar-refractivity contribution in [2.24, 2.45) is 0 Å². The summed E-state index contributed by atoms with van der Waals surface area (Å²) in [6.45, 7) is 1.76. The number of halogens is 1. The molecule has 1 aromatic rings. The zero-order valence-electron chi connectivity index (χ0n) is 7.50. The minimum Gasteiger partial charge on any atom is -0.488 e. The van der Waals surface area contributed by atoms with Crippen LogP contribution in [0.3, 0.4) is 0 Å². The van der Waals surface area contributed by atoms with E-state index in [0.29, 0.717) is 5.56 Å². The minimum atomic E-state index is 0.240. The Hall–Kier alpha value is -0.870. The first-order chi connectivity index (χ1) is 6.78. The van der Waals surface area contributed by atoms with Crippen molar-refractivity contribution >= 4 is 22.2 Å². The van der Waals surface area contributed by atoms with Crippen LogP contribution in [0.1, 0.15) is 10.4 Å². The van der Waals surface area contributed by atoms with E-state index in [4.69, 9.17) is 4.74 Å². The number of hydrogen-bond donors (Lipinski definition) is 1. The van der Waals surface area contributed by atoms with E-state index in [2.05, 4.69) is 21.2 Å². The Morgan fingerprint density at radius 3 is 2.79 bits per heavy atom. The first-order valence-electron chi connectivity index (χ1n) is 4.41. The molecule has 2 rings (SSSR count). The highest BCUT2D eigenvalue weighted by Gasteiger charge is 2.18. The Morgan fingerprint density at radius 2 is 2.21 bits per heavy atom. The number of ether oxygens (including phenoxy) is 1. The Balaban J connectivity index is 2.14. The van der Waals surface area contributed by atoms with Gasteiger partial charge in [0.2, 0.25) is 0 Å². The average Bonchev–Trinajstić information content (AvgIpc) is 2.10. The fourth-order valence-electron chi connectivity index (χ4n) is 1.26. The van der Waals surface area contributed by atoms with Gasteiger partial charge in [0.25, 0.3) is 0 Å². The summed E-state index contributed by atoms with van der Waals surface area (Å²) in [5.41, 5.74) is 0.627. The summed E-state index contributed by atoms with van der Waals surface area (Å²) in [5, 5.41) is 3.12. The summed E-state index contributed by atoms with van der Waals surface area (Å²) in [4.78, 5) is 10.6. The van der Waals surface area contributed by atoms with Gasteiger partial charge in [0.15, 0.2) is 0 Å². The molecule has 1 aliphatic rings. The van der Waals surface area contributed by atoms with Gasteiger partial charge < -0.3 is 10.1 Å². The molecular weight excluding hydrogens is 246 g/mol. The van der Waals surface area contributed by atoms with E-state index < -0.39 is 0 Å². The van der Waals surface area contributed by atoms with Crippen LogP contribution in [-0.4, -0.2) is 25.5 Å². The highest BCUT2D eigenvalue weighted by atomic mass is 79.9. The van der Waals surface area contributed by atoms with Crippen molar-refractivity contribution in [3.8, 4) is 5.75 Å². The molecule has 4 heteroatoms. The molecule has 0 saturated carbocycles. The van der Waals surface area contributed by atoms with Gasteiger partial charge in [-0.3, -0.25) is 4.79 Å². The first-order valence-corrected chi connectivity index (χ1v) is 5.20. The maximum Gasteiger partial charge on any atom is 0.150 e. The van der Waals surface area contributed by atoms with Crippen molar-refractivity contribution in [1.82, 2.24) is 5.32 Å². The van der Waals surface area contributed by atoms with E-state index in [-0.39, 0.29) is 6.10 Å². The molecule has 3 nitrogen and oxygen atoms in total. The van der Waals surface area contributed by atoms with Gasteiger partial charge in [0.1, 0.15) is 18.1 Å². The Bertz CT molecular complexity index is 350. The number of hydrogen-bond acceptors (Lipinski definition) is 3. The molecule has 0 aliphatic carbocycles. The third-order valence-corrected chi connectivity index (χ3v) is 2.53. The molecule has 1 aromatic carbocycles. The molecule has 1 fully saturated rings. The highest BCUT2D eigenvalue weighted by Crippen LogP contribution is 2.22. The van der Waals surface area contributed by atoms with E-state index >= 15 is 0 Å². The lowest BCUT2D eigenvalue weighted by Crippen LogP contribution is -2.50. The SMILES string of the molecule is O=Cc1cc(Br)cc(OC2CNC2)c1. The number of nitrogens with one attached hydrogen (secondary N) is 1. The van der Waals surface area contributed by atoms with Crippen LogP contribution in [0.5, 0.6) is 5.75 Å². The minimum absolute atomic E-state index is 0.240. The standard InChI is InChI=1S/C10H10BrNO2/c11-8-1-7(6-13)2-9(3-8)14-10-4-12-5-10/h1-3,6,10,12H,4-5H2. The van der Waals surface area contributed by atoms with Gasteiger partial charge in [-0.2, -0.15) is 0 Å². The number of rotatable bonds is 3. The number of carbonyl (C=O) groups excluding carboxylic acids is 1. The topological polar surface area (TPSA) is 38.3 Å². The number of carbonyl (C=O) groups is 1. The summed E-state index contributed by atoms with van der Waals surface area (Å²) >= 11 is 3.33. The van der Waals surface area contributed by atoms with E-state index in [9.17, 15) is 4.79 Å².